The lowest BCUT2D eigenvalue weighted by Gasteiger charge is -2.60. The van der Waals surface area contributed by atoms with Gasteiger partial charge in [-0.3, -0.25) is 0 Å². The van der Waals surface area contributed by atoms with E-state index in [1.165, 1.54) is 6.42 Å². The lowest BCUT2D eigenvalue weighted by atomic mass is 9.46. The van der Waals surface area contributed by atoms with E-state index in [0.717, 1.165) is 65.9 Å². The molecule has 4 saturated carbocycles. The van der Waals surface area contributed by atoms with E-state index >= 15 is 0 Å². The van der Waals surface area contributed by atoms with Crippen molar-refractivity contribution in [3.05, 3.63) is 79.0 Å². The molecule has 0 radical (unpaired) electrons. The van der Waals surface area contributed by atoms with Crippen molar-refractivity contribution in [2.75, 3.05) is 0 Å². The molecule has 0 amide bonds. The second kappa shape index (κ2) is 7.56. The summed E-state index contributed by atoms with van der Waals surface area (Å²) in [6.45, 7) is 0. The SMILES string of the molecule is c1ccc(-c2nnn(C34C[C@@H]5C[C@@H](CC(c6nc7c8cnn(-c9ccccc9)c8ncn7n6)(C5)C3)C4)n2)cc1. The largest absolute Gasteiger partial charge is 0.216 e. The summed E-state index contributed by atoms with van der Waals surface area (Å²) in [6, 6.07) is 20.2. The fourth-order valence-corrected chi connectivity index (χ4v) is 8.13. The van der Waals surface area contributed by atoms with Crippen molar-refractivity contribution in [2.24, 2.45) is 11.8 Å². The summed E-state index contributed by atoms with van der Waals surface area (Å²) in [5, 5.41) is 24.6. The first-order chi connectivity index (χ1) is 19.2. The summed E-state index contributed by atoms with van der Waals surface area (Å²) in [7, 11) is 0. The number of fused-ring (bicyclic) bond motifs is 3. The molecule has 2 unspecified atom stereocenters. The Hall–Kier alpha value is -4.47. The zero-order valence-corrected chi connectivity index (χ0v) is 21.3. The molecule has 6 aromatic rings. The lowest BCUT2D eigenvalue weighted by molar-refractivity contribution is -0.0784. The van der Waals surface area contributed by atoms with Gasteiger partial charge in [-0.1, -0.05) is 48.5 Å². The van der Waals surface area contributed by atoms with Gasteiger partial charge in [0, 0.05) is 11.0 Å². The Bertz CT molecular complexity index is 1840. The number of aromatic nitrogens is 10. The number of hydrogen-bond donors (Lipinski definition) is 0. The molecule has 0 spiro atoms. The van der Waals surface area contributed by atoms with Crippen molar-refractivity contribution in [3.63, 3.8) is 0 Å². The maximum atomic E-state index is 5.21. The molecular weight excluding hydrogens is 488 g/mol. The van der Waals surface area contributed by atoms with Crippen LogP contribution in [0.4, 0.5) is 0 Å². The Labute approximate surface area is 223 Å². The van der Waals surface area contributed by atoms with Crippen LogP contribution < -0.4 is 0 Å². The van der Waals surface area contributed by atoms with Crippen LogP contribution in [-0.2, 0) is 11.0 Å². The molecule has 4 aromatic heterocycles. The van der Waals surface area contributed by atoms with Crippen LogP contribution in [0.25, 0.3) is 33.8 Å². The van der Waals surface area contributed by atoms with Crippen molar-refractivity contribution in [3.8, 4) is 17.1 Å². The standard InChI is InChI=1S/C29H26N10/c1-3-7-21(8-4-1)24-33-36-39(34-24)29-14-19-11-20(15-29)13-28(12-19,17-29)27-32-26-23-16-31-38(22-9-5-2-6-10-22)25(23)30-18-37(26)35-27/h1-10,16,18-20H,11-15,17H2/t19-,20+,28?,29?. The highest BCUT2D eigenvalue weighted by Gasteiger charge is 2.61. The van der Waals surface area contributed by atoms with E-state index < -0.39 is 0 Å². The number of hydrogen-bond acceptors (Lipinski definition) is 7. The number of rotatable bonds is 4. The van der Waals surface area contributed by atoms with Gasteiger partial charge in [-0.25, -0.2) is 19.2 Å². The molecule has 0 aliphatic heterocycles. The molecule has 192 valence electrons. The van der Waals surface area contributed by atoms with Gasteiger partial charge in [0.05, 0.1) is 22.8 Å². The monoisotopic (exact) mass is 514 g/mol. The minimum absolute atomic E-state index is 0.0988. The quantitative estimate of drug-likeness (QED) is 0.344. The third-order valence-electron chi connectivity index (χ3n) is 9.28. The Balaban J connectivity index is 1.13. The highest BCUT2D eigenvalue weighted by Crippen LogP contribution is 2.64. The molecule has 4 aliphatic carbocycles. The second-order valence-electron chi connectivity index (χ2n) is 11.8. The van der Waals surface area contributed by atoms with Crippen LogP contribution in [0.3, 0.4) is 0 Å². The number of nitrogens with zero attached hydrogens (tertiary/aromatic N) is 10. The van der Waals surface area contributed by atoms with E-state index in [-0.39, 0.29) is 11.0 Å². The van der Waals surface area contributed by atoms with Gasteiger partial charge in [0.15, 0.2) is 17.1 Å². The van der Waals surface area contributed by atoms with Crippen LogP contribution >= 0.6 is 0 Å². The maximum absolute atomic E-state index is 5.21. The van der Waals surface area contributed by atoms with E-state index in [9.17, 15) is 0 Å². The zero-order valence-electron chi connectivity index (χ0n) is 21.3. The van der Waals surface area contributed by atoms with Crippen molar-refractivity contribution < 1.29 is 0 Å². The molecule has 0 N–H and O–H groups in total. The number of para-hydroxylation sites is 1. The van der Waals surface area contributed by atoms with Gasteiger partial charge < -0.3 is 0 Å². The van der Waals surface area contributed by atoms with Crippen molar-refractivity contribution in [1.82, 2.24) is 49.6 Å². The van der Waals surface area contributed by atoms with E-state index in [1.54, 1.807) is 6.33 Å². The van der Waals surface area contributed by atoms with E-state index in [1.807, 2.05) is 80.9 Å². The molecule has 4 fully saturated rings. The van der Waals surface area contributed by atoms with Gasteiger partial charge in [-0.05, 0) is 67.7 Å². The Morgan fingerprint density at radius 2 is 1.59 bits per heavy atom. The topological polar surface area (TPSA) is 104 Å². The van der Waals surface area contributed by atoms with Crippen molar-refractivity contribution >= 4 is 16.7 Å². The smallest absolute Gasteiger partial charge is 0.204 e. The molecule has 2 aromatic carbocycles. The normalized spacial score (nSPS) is 27.6. The fourth-order valence-electron chi connectivity index (χ4n) is 8.13. The Morgan fingerprint density at radius 3 is 2.38 bits per heavy atom. The second-order valence-corrected chi connectivity index (χ2v) is 11.8. The Kier molecular flexibility index (Phi) is 4.16. The van der Waals surface area contributed by atoms with Gasteiger partial charge in [0.1, 0.15) is 6.33 Å². The Morgan fingerprint density at radius 1 is 0.821 bits per heavy atom. The molecule has 10 heteroatoms. The summed E-state index contributed by atoms with van der Waals surface area (Å²) >= 11 is 0. The van der Waals surface area contributed by atoms with Gasteiger partial charge >= 0.3 is 0 Å². The van der Waals surface area contributed by atoms with Gasteiger partial charge in [-0.15, -0.1) is 15.3 Å². The lowest BCUT2D eigenvalue weighted by Crippen LogP contribution is -2.59. The minimum atomic E-state index is -0.145. The predicted octanol–water partition coefficient (Wildman–Crippen LogP) is 4.36. The van der Waals surface area contributed by atoms with Crippen LogP contribution in [-0.4, -0.2) is 49.6 Å². The third-order valence-corrected chi connectivity index (χ3v) is 9.28. The summed E-state index contributed by atoms with van der Waals surface area (Å²) in [5.41, 5.74) is 3.33. The van der Waals surface area contributed by atoms with Crippen LogP contribution in [0.5, 0.6) is 0 Å². The molecule has 0 saturated heterocycles. The zero-order chi connectivity index (χ0) is 25.6. The van der Waals surface area contributed by atoms with Gasteiger partial charge in [-0.2, -0.15) is 9.90 Å². The van der Waals surface area contributed by atoms with Crippen LogP contribution in [0.15, 0.2) is 73.2 Å². The molecule has 4 aliphatic rings. The molecule has 4 heterocycles. The summed E-state index contributed by atoms with van der Waals surface area (Å²) in [4.78, 5) is 11.9. The highest BCUT2D eigenvalue weighted by molar-refractivity contribution is 5.89. The maximum Gasteiger partial charge on any atom is 0.204 e. The van der Waals surface area contributed by atoms with Crippen LogP contribution in [0.2, 0.25) is 0 Å². The fraction of sp³-hybridized carbons (Fsp3) is 0.345. The van der Waals surface area contributed by atoms with E-state index in [0.29, 0.717) is 17.7 Å². The number of tetrazole rings is 1. The first-order valence-electron chi connectivity index (χ1n) is 13.7. The molecule has 10 rings (SSSR count). The molecule has 4 atom stereocenters. The van der Waals surface area contributed by atoms with Crippen LogP contribution in [0.1, 0.15) is 44.3 Å². The average molecular weight is 515 g/mol. The van der Waals surface area contributed by atoms with Crippen molar-refractivity contribution in [2.45, 2.75) is 49.5 Å². The van der Waals surface area contributed by atoms with Gasteiger partial charge in [0.2, 0.25) is 5.82 Å². The molecule has 10 nitrogen and oxygen atoms in total. The minimum Gasteiger partial charge on any atom is -0.216 e. The first-order valence-corrected chi connectivity index (χ1v) is 13.7. The summed E-state index contributed by atoms with van der Waals surface area (Å²) < 4.78 is 3.70. The molecule has 4 bridgehead atoms. The highest BCUT2D eigenvalue weighted by atomic mass is 15.6. The molecule has 39 heavy (non-hydrogen) atoms. The van der Waals surface area contributed by atoms with E-state index in [4.69, 9.17) is 20.2 Å². The third kappa shape index (κ3) is 3.05. The number of benzene rings is 2. The van der Waals surface area contributed by atoms with Gasteiger partial charge in [0.25, 0.3) is 0 Å². The average Bonchev–Trinajstić information content (AvgIpc) is 3.72. The van der Waals surface area contributed by atoms with E-state index in [2.05, 4.69) is 15.4 Å². The van der Waals surface area contributed by atoms with Crippen LogP contribution in [0, 0.1) is 11.8 Å². The summed E-state index contributed by atoms with van der Waals surface area (Å²) in [5.74, 6) is 2.84. The molecular formula is C29H26N10. The first kappa shape index (κ1) is 21.5. The summed E-state index contributed by atoms with van der Waals surface area (Å²) in [6.07, 6.45) is 10.3. The predicted molar refractivity (Wildman–Crippen MR) is 143 cm³/mol. The van der Waals surface area contributed by atoms with Crippen molar-refractivity contribution in [1.29, 1.82) is 0 Å².